The number of carbonyl (C=O) groups excluding carboxylic acids is 2. The minimum atomic E-state index is -0.234. The largest absolute Gasteiger partial charge is 0.463 e. The van der Waals surface area contributed by atoms with E-state index < -0.39 is 0 Å². The number of nitrogens with zero attached hydrogens (tertiary/aromatic N) is 1. The minimum Gasteiger partial charge on any atom is -0.463 e. The molecule has 0 bridgehead atoms. The van der Waals surface area contributed by atoms with Crippen molar-refractivity contribution in [3.63, 3.8) is 0 Å². The third-order valence-corrected chi connectivity index (χ3v) is 12.7. The van der Waals surface area contributed by atoms with Crippen molar-refractivity contribution in [2.45, 2.75) is 264 Å². The molecule has 1 aliphatic rings. The molecule has 4 unspecified atom stereocenters. The molecular formula is C52H101NO6. The number of unbranched alkanes of at least 4 members (excludes halogenated alkanes) is 28. The highest BCUT2D eigenvalue weighted by Crippen LogP contribution is 2.40. The Morgan fingerprint density at radius 2 is 0.966 bits per heavy atom. The van der Waals surface area contributed by atoms with Gasteiger partial charge in [-0.1, -0.05) is 207 Å². The van der Waals surface area contributed by atoms with Gasteiger partial charge in [0.15, 0.2) is 0 Å². The summed E-state index contributed by atoms with van der Waals surface area (Å²) in [6.45, 7) is 9.61. The maximum absolute atomic E-state index is 13.3. The SMILES string of the molecule is CCCCCCCCCCCCCCCCOCC(COC(=O)CC1CCC(OC(=O)CCN(C)C)C1CCCCC)OCCCCCCCCCCCCCCCC. The second-order valence-electron chi connectivity index (χ2n) is 18.7. The summed E-state index contributed by atoms with van der Waals surface area (Å²) in [6, 6.07) is 0. The molecule has 0 aromatic heterocycles. The first-order valence-corrected chi connectivity index (χ1v) is 26.1. The fourth-order valence-electron chi connectivity index (χ4n) is 8.87. The molecule has 0 spiro atoms. The van der Waals surface area contributed by atoms with E-state index in [-0.39, 0.29) is 42.6 Å². The average Bonchev–Trinajstić information content (AvgIpc) is 3.59. The van der Waals surface area contributed by atoms with Gasteiger partial charge in [0.2, 0.25) is 0 Å². The van der Waals surface area contributed by atoms with Crippen LogP contribution in [-0.2, 0) is 28.5 Å². The van der Waals surface area contributed by atoms with Crippen molar-refractivity contribution < 1.29 is 28.5 Å². The van der Waals surface area contributed by atoms with Crippen LogP contribution in [0.15, 0.2) is 0 Å². The molecule has 1 saturated carbocycles. The Hall–Kier alpha value is -1.18. The zero-order chi connectivity index (χ0) is 42.9. The monoisotopic (exact) mass is 836 g/mol. The Labute approximate surface area is 367 Å². The highest BCUT2D eigenvalue weighted by atomic mass is 16.6. The first kappa shape index (κ1) is 55.8. The predicted molar refractivity (Wildman–Crippen MR) is 250 cm³/mol. The maximum Gasteiger partial charge on any atom is 0.307 e. The molecule has 350 valence electrons. The quantitative estimate of drug-likeness (QED) is 0.0447. The van der Waals surface area contributed by atoms with Crippen LogP contribution in [-0.4, -0.2) is 76.1 Å². The van der Waals surface area contributed by atoms with Crippen LogP contribution < -0.4 is 0 Å². The Kier molecular flexibility index (Phi) is 39.9. The van der Waals surface area contributed by atoms with E-state index in [9.17, 15) is 9.59 Å². The third kappa shape index (κ3) is 35.0. The normalized spacial score (nSPS) is 17.2. The smallest absolute Gasteiger partial charge is 0.307 e. The van der Waals surface area contributed by atoms with E-state index in [0.29, 0.717) is 32.6 Å². The Morgan fingerprint density at radius 1 is 0.525 bits per heavy atom. The molecule has 0 saturated heterocycles. The lowest BCUT2D eigenvalue weighted by Crippen LogP contribution is -2.30. The second-order valence-corrected chi connectivity index (χ2v) is 18.7. The van der Waals surface area contributed by atoms with Crippen LogP contribution >= 0.6 is 0 Å². The number of rotatable bonds is 45. The van der Waals surface area contributed by atoms with Gasteiger partial charge in [0, 0.05) is 26.2 Å². The summed E-state index contributed by atoms with van der Waals surface area (Å²) >= 11 is 0. The zero-order valence-corrected chi connectivity index (χ0v) is 40.2. The molecule has 7 nitrogen and oxygen atoms in total. The molecule has 0 aliphatic heterocycles. The van der Waals surface area contributed by atoms with Gasteiger partial charge < -0.3 is 23.8 Å². The molecule has 7 heteroatoms. The molecule has 1 aliphatic carbocycles. The van der Waals surface area contributed by atoms with Crippen molar-refractivity contribution in [1.29, 1.82) is 0 Å². The minimum absolute atomic E-state index is 0.0937. The van der Waals surface area contributed by atoms with Gasteiger partial charge in [0.05, 0.1) is 13.0 Å². The number of ether oxygens (including phenoxy) is 4. The Balaban J connectivity index is 2.43. The highest BCUT2D eigenvalue weighted by molar-refractivity contribution is 5.70. The van der Waals surface area contributed by atoms with Crippen LogP contribution in [0.1, 0.15) is 252 Å². The molecule has 0 N–H and O–H groups in total. The summed E-state index contributed by atoms with van der Waals surface area (Å²) in [7, 11) is 3.95. The van der Waals surface area contributed by atoms with Crippen molar-refractivity contribution in [2.24, 2.45) is 11.8 Å². The molecule has 4 atom stereocenters. The van der Waals surface area contributed by atoms with Crippen molar-refractivity contribution in [1.82, 2.24) is 4.90 Å². The predicted octanol–water partition coefficient (Wildman–Crippen LogP) is 14.8. The zero-order valence-electron chi connectivity index (χ0n) is 40.2. The van der Waals surface area contributed by atoms with Gasteiger partial charge in [-0.25, -0.2) is 0 Å². The van der Waals surface area contributed by atoms with Crippen molar-refractivity contribution >= 4 is 11.9 Å². The van der Waals surface area contributed by atoms with Crippen molar-refractivity contribution in [2.75, 3.05) is 47.1 Å². The van der Waals surface area contributed by atoms with Gasteiger partial charge in [-0.3, -0.25) is 9.59 Å². The molecule has 59 heavy (non-hydrogen) atoms. The topological polar surface area (TPSA) is 74.3 Å². The van der Waals surface area contributed by atoms with Crippen LogP contribution in [0.4, 0.5) is 0 Å². The highest BCUT2D eigenvalue weighted by Gasteiger charge is 2.39. The summed E-state index contributed by atoms with van der Waals surface area (Å²) in [5.74, 6) is 0.128. The fraction of sp³-hybridized carbons (Fsp3) is 0.962. The molecular weight excluding hydrogens is 735 g/mol. The Morgan fingerprint density at radius 3 is 1.44 bits per heavy atom. The van der Waals surface area contributed by atoms with Gasteiger partial charge >= 0.3 is 11.9 Å². The van der Waals surface area contributed by atoms with E-state index in [1.807, 2.05) is 19.0 Å². The van der Waals surface area contributed by atoms with E-state index >= 15 is 0 Å². The number of hydrogen-bond acceptors (Lipinski definition) is 7. The standard InChI is InChI=1S/C52H101NO6/c1-6-9-12-14-16-18-20-22-24-26-28-30-32-35-42-56-45-48(57-43-36-33-31-29-27-25-23-21-19-17-15-13-10-7-2)46-58-52(55)44-47-38-39-50(49(47)37-34-11-8-3)59-51(54)40-41-53(4)5/h47-50H,6-46H2,1-5H3. The van der Waals surface area contributed by atoms with E-state index in [0.717, 1.165) is 58.0 Å². The number of carbonyl (C=O) groups is 2. The van der Waals surface area contributed by atoms with E-state index in [1.54, 1.807) is 0 Å². The molecule has 1 rings (SSSR count). The summed E-state index contributed by atoms with van der Waals surface area (Å²) in [6.07, 6.45) is 44.2. The lowest BCUT2D eigenvalue weighted by atomic mass is 9.87. The van der Waals surface area contributed by atoms with Crippen molar-refractivity contribution in [3.05, 3.63) is 0 Å². The van der Waals surface area contributed by atoms with Crippen molar-refractivity contribution in [3.8, 4) is 0 Å². The summed E-state index contributed by atoms with van der Waals surface area (Å²) in [5.41, 5.74) is 0. The fourth-order valence-corrected chi connectivity index (χ4v) is 8.87. The lowest BCUT2D eigenvalue weighted by molar-refractivity contribution is -0.153. The van der Waals surface area contributed by atoms with Crippen LogP contribution in [0.25, 0.3) is 0 Å². The first-order chi connectivity index (χ1) is 28.9. The maximum atomic E-state index is 13.3. The van der Waals surface area contributed by atoms with Crippen LogP contribution in [0.3, 0.4) is 0 Å². The molecule has 0 heterocycles. The molecule has 0 aromatic carbocycles. The third-order valence-electron chi connectivity index (χ3n) is 12.7. The van der Waals surface area contributed by atoms with E-state index in [4.69, 9.17) is 18.9 Å². The van der Waals surface area contributed by atoms with E-state index in [2.05, 4.69) is 20.8 Å². The van der Waals surface area contributed by atoms with Crippen LogP contribution in [0.5, 0.6) is 0 Å². The molecule has 0 radical (unpaired) electrons. The lowest BCUT2D eigenvalue weighted by Gasteiger charge is -2.25. The number of esters is 2. The summed E-state index contributed by atoms with van der Waals surface area (Å²) in [5, 5.41) is 0. The summed E-state index contributed by atoms with van der Waals surface area (Å²) < 4.78 is 24.4. The van der Waals surface area contributed by atoms with Crippen LogP contribution in [0, 0.1) is 11.8 Å². The Bertz CT molecular complexity index is 914. The second kappa shape index (κ2) is 42.1. The van der Waals surface area contributed by atoms with Gasteiger partial charge in [-0.05, 0) is 58.0 Å². The number of hydrogen-bond donors (Lipinski definition) is 0. The first-order valence-electron chi connectivity index (χ1n) is 26.1. The molecule has 0 amide bonds. The van der Waals surface area contributed by atoms with Gasteiger partial charge in [-0.15, -0.1) is 0 Å². The van der Waals surface area contributed by atoms with Crippen LogP contribution in [0.2, 0.25) is 0 Å². The van der Waals surface area contributed by atoms with Gasteiger partial charge in [0.25, 0.3) is 0 Å². The van der Waals surface area contributed by atoms with E-state index in [1.165, 1.54) is 167 Å². The molecule has 1 fully saturated rings. The average molecular weight is 836 g/mol. The van der Waals surface area contributed by atoms with Gasteiger partial charge in [-0.2, -0.15) is 0 Å². The summed E-state index contributed by atoms with van der Waals surface area (Å²) in [4.78, 5) is 27.9. The molecule has 0 aromatic rings. The van der Waals surface area contributed by atoms with Gasteiger partial charge in [0.1, 0.15) is 18.8 Å².